The Kier molecular flexibility index (Phi) is 6.85. The maximum Gasteiger partial charge on any atom is 0.307 e. The molecule has 3 unspecified atom stereocenters. The summed E-state index contributed by atoms with van der Waals surface area (Å²) >= 11 is 0. The van der Waals surface area contributed by atoms with E-state index in [1.807, 2.05) is 12.1 Å². The number of aliphatic carboxylic acids is 1. The summed E-state index contributed by atoms with van der Waals surface area (Å²) in [6.45, 7) is 1.61. The van der Waals surface area contributed by atoms with E-state index in [0.29, 0.717) is 29.7 Å². The monoisotopic (exact) mass is 543 g/mol. The van der Waals surface area contributed by atoms with E-state index in [-0.39, 0.29) is 53.7 Å². The van der Waals surface area contributed by atoms with E-state index >= 15 is 4.39 Å². The molecule has 10 heteroatoms. The number of hydrogen-bond donors (Lipinski definition) is 1. The van der Waals surface area contributed by atoms with Crippen LogP contribution >= 0.6 is 0 Å². The maximum atomic E-state index is 15.5. The molecule has 1 aromatic heterocycles. The standard InChI is InChI=1S/C28H27F2NO6S/c1-15-10-24(36-8-3-9-38(2,34)35)31-13-21(15)19-6-7-23(29)22(27(19)30)14-37-17-4-5-18-16(11-17)12-20-25(18)26(20)28(32)33/h4-7,10-11,13,20,25-26H,3,8-9,12,14H2,1-2H3,(H,32,33). The van der Waals surface area contributed by atoms with Gasteiger partial charge in [-0.2, -0.15) is 0 Å². The van der Waals surface area contributed by atoms with Gasteiger partial charge in [0.1, 0.15) is 33.8 Å². The number of sulfone groups is 1. The van der Waals surface area contributed by atoms with Gasteiger partial charge in [0, 0.05) is 35.6 Å². The van der Waals surface area contributed by atoms with Gasteiger partial charge in [0.25, 0.3) is 0 Å². The summed E-state index contributed by atoms with van der Waals surface area (Å²) in [6.07, 6.45) is 3.59. The average molecular weight is 544 g/mol. The van der Waals surface area contributed by atoms with E-state index in [1.165, 1.54) is 18.3 Å². The third-order valence-corrected chi connectivity index (χ3v) is 8.27. The number of carboxylic acid groups (broad SMARTS) is 1. The zero-order valence-electron chi connectivity index (χ0n) is 20.9. The molecule has 2 aliphatic carbocycles. The fraction of sp³-hybridized carbons (Fsp3) is 0.357. The number of carboxylic acids is 1. The van der Waals surface area contributed by atoms with Gasteiger partial charge >= 0.3 is 5.97 Å². The number of aromatic nitrogens is 1. The van der Waals surface area contributed by atoms with Crippen LogP contribution in [0.1, 0.15) is 34.6 Å². The Labute approximate surface area is 219 Å². The summed E-state index contributed by atoms with van der Waals surface area (Å²) in [5.41, 5.74) is 3.12. The van der Waals surface area contributed by atoms with Crippen LogP contribution in [-0.4, -0.2) is 43.1 Å². The number of nitrogens with zero attached hydrogens (tertiary/aromatic N) is 1. The highest BCUT2D eigenvalue weighted by Gasteiger charge is 2.59. The second kappa shape index (κ2) is 9.98. The highest BCUT2D eigenvalue weighted by atomic mass is 32.2. The van der Waals surface area contributed by atoms with Gasteiger partial charge in [-0.15, -0.1) is 0 Å². The van der Waals surface area contributed by atoms with Crippen molar-refractivity contribution in [1.29, 1.82) is 0 Å². The van der Waals surface area contributed by atoms with Gasteiger partial charge in [0.2, 0.25) is 5.88 Å². The Hall–Kier alpha value is -3.53. The van der Waals surface area contributed by atoms with E-state index in [4.69, 9.17) is 9.47 Å². The number of hydrogen-bond acceptors (Lipinski definition) is 6. The van der Waals surface area contributed by atoms with Crippen LogP contribution in [0, 0.1) is 30.4 Å². The Morgan fingerprint density at radius 1 is 1.13 bits per heavy atom. The minimum atomic E-state index is -3.08. The van der Waals surface area contributed by atoms with E-state index in [2.05, 4.69) is 4.98 Å². The van der Waals surface area contributed by atoms with Crippen LogP contribution in [0.3, 0.4) is 0 Å². The molecular weight excluding hydrogens is 516 g/mol. The van der Waals surface area contributed by atoms with Crippen molar-refractivity contribution in [3.05, 3.63) is 76.5 Å². The lowest BCUT2D eigenvalue weighted by atomic mass is 9.99. The zero-order chi connectivity index (χ0) is 27.2. The molecule has 0 saturated heterocycles. The summed E-state index contributed by atoms with van der Waals surface area (Å²) in [5.74, 6) is -1.64. The number of carbonyl (C=O) groups is 1. The first kappa shape index (κ1) is 26.1. The van der Waals surface area contributed by atoms with Crippen LogP contribution in [0.25, 0.3) is 11.1 Å². The number of pyridine rings is 1. The average Bonchev–Trinajstić information content (AvgIpc) is 3.44. The van der Waals surface area contributed by atoms with E-state index < -0.39 is 27.4 Å². The molecule has 0 radical (unpaired) electrons. The Bertz CT molecular complexity index is 1520. The number of ether oxygens (including phenoxy) is 2. The maximum absolute atomic E-state index is 15.5. The highest BCUT2D eigenvalue weighted by Crippen LogP contribution is 2.61. The van der Waals surface area contributed by atoms with Gasteiger partial charge in [-0.25, -0.2) is 22.2 Å². The summed E-state index contributed by atoms with van der Waals surface area (Å²) in [6, 6.07) is 9.55. The molecule has 1 saturated carbocycles. The van der Waals surface area contributed by atoms with Crippen molar-refractivity contribution in [2.45, 2.75) is 32.3 Å². The third kappa shape index (κ3) is 5.22. The van der Waals surface area contributed by atoms with Gasteiger partial charge in [-0.05, 0) is 66.6 Å². The van der Waals surface area contributed by atoms with E-state index in [0.717, 1.165) is 17.4 Å². The summed E-state index contributed by atoms with van der Waals surface area (Å²) in [7, 11) is -3.08. The first-order valence-electron chi connectivity index (χ1n) is 12.3. The molecule has 7 nitrogen and oxygen atoms in total. The predicted molar refractivity (Wildman–Crippen MR) is 136 cm³/mol. The lowest BCUT2D eigenvalue weighted by Crippen LogP contribution is -2.08. The molecule has 5 rings (SSSR count). The first-order valence-corrected chi connectivity index (χ1v) is 14.3. The molecule has 3 aromatic rings. The second-order valence-electron chi connectivity index (χ2n) is 9.96. The Morgan fingerprint density at radius 2 is 1.92 bits per heavy atom. The van der Waals surface area contributed by atoms with Crippen LogP contribution < -0.4 is 9.47 Å². The van der Waals surface area contributed by atoms with Crippen molar-refractivity contribution < 1.29 is 36.6 Å². The van der Waals surface area contributed by atoms with Crippen molar-refractivity contribution >= 4 is 15.8 Å². The van der Waals surface area contributed by atoms with Gasteiger partial charge < -0.3 is 14.6 Å². The molecule has 0 spiro atoms. The molecule has 2 aromatic carbocycles. The minimum absolute atomic E-state index is 0.00733. The van der Waals surface area contributed by atoms with Crippen molar-refractivity contribution in [3.63, 3.8) is 0 Å². The largest absolute Gasteiger partial charge is 0.489 e. The van der Waals surface area contributed by atoms with Crippen LogP contribution in [0.2, 0.25) is 0 Å². The smallest absolute Gasteiger partial charge is 0.307 e. The molecule has 0 bridgehead atoms. The van der Waals surface area contributed by atoms with Gasteiger partial charge in [-0.1, -0.05) is 6.07 Å². The molecule has 2 aliphatic rings. The summed E-state index contributed by atoms with van der Waals surface area (Å²) in [5, 5.41) is 9.28. The number of halogens is 2. The predicted octanol–water partition coefficient (Wildman–Crippen LogP) is 4.70. The fourth-order valence-corrected chi connectivity index (χ4v) is 5.94. The van der Waals surface area contributed by atoms with Gasteiger partial charge in [0.15, 0.2) is 0 Å². The quantitative estimate of drug-likeness (QED) is 0.370. The zero-order valence-corrected chi connectivity index (χ0v) is 21.7. The van der Waals surface area contributed by atoms with Crippen LogP contribution in [0.15, 0.2) is 42.6 Å². The molecule has 0 amide bonds. The summed E-state index contributed by atoms with van der Waals surface area (Å²) < 4.78 is 63.8. The fourth-order valence-electron chi connectivity index (χ4n) is 5.30. The second-order valence-corrected chi connectivity index (χ2v) is 12.2. The number of aryl methyl sites for hydroxylation is 1. The van der Waals surface area contributed by atoms with Crippen LogP contribution in [-0.2, 0) is 27.7 Å². The van der Waals surface area contributed by atoms with Gasteiger partial charge in [-0.3, -0.25) is 4.79 Å². The SMILES string of the molecule is Cc1cc(OCCCS(C)(=O)=O)ncc1-c1ccc(F)c(COc2ccc3c(c2)CC2C(C(=O)O)C32)c1F. The molecule has 1 N–H and O–H groups in total. The Morgan fingerprint density at radius 3 is 2.63 bits per heavy atom. The third-order valence-electron chi connectivity index (χ3n) is 7.24. The normalized spacial score (nSPS) is 19.5. The number of rotatable bonds is 10. The minimum Gasteiger partial charge on any atom is -0.489 e. The summed E-state index contributed by atoms with van der Waals surface area (Å²) in [4.78, 5) is 15.5. The molecule has 0 aliphatic heterocycles. The molecular formula is C28H27F2NO6S. The van der Waals surface area contributed by atoms with Crippen LogP contribution in [0.5, 0.6) is 11.6 Å². The molecule has 38 heavy (non-hydrogen) atoms. The molecule has 200 valence electrons. The molecule has 1 fully saturated rings. The number of fused-ring (bicyclic) bond motifs is 3. The van der Waals surface area contributed by atoms with Gasteiger partial charge in [0.05, 0.1) is 23.8 Å². The lowest BCUT2D eigenvalue weighted by Gasteiger charge is -2.14. The van der Waals surface area contributed by atoms with Crippen LogP contribution in [0.4, 0.5) is 8.78 Å². The lowest BCUT2D eigenvalue weighted by molar-refractivity contribution is -0.139. The highest BCUT2D eigenvalue weighted by molar-refractivity contribution is 7.90. The van der Waals surface area contributed by atoms with Crippen molar-refractivity contribution in [1.82, 2.24) is 4.98 Å². The topological polar surface area (TPSA) is 103 Å². The van der Waals surface area contributed by atoms with E-state index in [1.54, 1.807) is 19.1 Å². The molecule has 1 heterocycles. The first-order chi connectivity index (χ1) is 18.0. The van der Waals surface area contributed by atoms with E-state index in [9.17, 15) is 22.7 Å². The Balaban J connectivity index is 1.27. The van der Waals surface area contributed by atoms with Crippen molar-refractivity contribution in [3.8, 4) is 22.8 Å². The molecule has 3 atom stereocenters. The van der Waals surface area contributed by atoms with Crippen molar-refractivity contribution in [2.24, 2.45) is 11.8 Å². The van der Waals surface area contributed by atoms with Crippen molar-refractivity contribution in [2.75, 3.05) is 18.6 Å². The number of benzene rings is 2.